The molecule has 0 atom stereocenters. The van der Waals surface area contributed by atoms with Gasteiger partial charge < -0.3 is 14.8 Å². The van der Waals surface area contributed by atoms with Crippen LogP contribution in [-0.2, 0) is 9.53 Å². The molecule has 31 heavy (non-hydrogen) atoms. The molecule has 3 rings (SSSR count). The fraction of sp³-hybridized carbons (Fsp3) is 0.136. The third-order valence-electron chi connectivity index (χ3n) is 4.05. The van der Waals surface area contributed by atoms with Crippen molar-refractivity contribution in [3.8, 4) is 23.2 Å². The highest BCUT2D eigenvalue weighted by Crippen LogP contribution is 2.23. The van der Waals surface area contributed by atoms with Gasteiger partial charge in [0.2, 0.25) is 11.2 Å². The summed E-state index contributed by atoms with van der Waals surface area (Å²) >= 11 is 6.07. The van der Waals surface area contributed by atoms with E-state index in [-0.39, 0.29) is 23.4 Å². The number of rotatable bonds is 7. The maximum Gasteiger partial charge on any atom is 0.348 e. The van der Waals surface area contributed by atoms with Crippen molar-refractivity contribution in [2.75, 3.05) is 19.0 Å². The molecule has 0 radical (unpaired) electrons. The molecule has 8 nitrogen and oxygen atoms in total. The second-order valence-electron chi connectivity index (χ2n) is 6.12. The molecule has 156 valence electrons. The van der Waals surface area contributed by atoms with Crippen LogP contribution in [0.25, 0.3) is 17.5 Å². The Hall–Kier alpha value is -3.96. The molecular weight excluding hydrogens is 418 g/mol. The Morgan fingerprint density at radius 2 is 1.84 bits per heavy atom. The summed E-state index contributed by atoms with van der Waals surface area (Å²) in [5.41, 5.74) is 2.05. The van der Waals surface area contributed by atoms with Crippen LogP contribution in [0.1, 0.15) is 12.5 Å². The highest BCUT2D eigenvalue weighted by Gasteiger charge is 2.10. The number of carbonyl (C=O) groups is 1. The molecule has 0 aliphatic carbocycles. The molecule has 1 N–H and O–H groups in total. The molecule has 0 saturated heterocycles. The van der Waals surface area contributed by atoms with Crippen molar-refractivity contribution in [2.24, 2.45) is 0 Å². The smallest absolute Gasteiger partial charge is 0.348 e. The lowest BCUT2D eigenvalue weighted by molar-refractivity contribution is -0.137. The zero-order valence-electron chi connectivity index (χ0n) is 16.8. The Balaban J connectivity index is 1.79. The van der Waals surface area contributed by atoms with Gasteiger partial charge in [0.25, 0.3) is 0 Å². The predicted molar refractivity (Wildman–Crippen MR) is 117 cm³/mol. The first-order chi connectivity index (χ1) is 15.0. The van der Waals surface area contributed by atoms with Crippen LogP contribution in [0.4, 0.5) is 11.6 Å². The van der Waals surface area contributed by atoms with Crippen molar-refractivity contribution < 1.29 is 14.3 Å². The monoisotopic (exact) mass is 435 g/mol. The highest BCUT2D eigenvalue weighted by atomic mass is 35.5. The second kappa shape index (κ2) is 10.2. The quantitative estimate of drug-likeness (QED) is 0.330. The van der Waals surface area contributed by atoms with E-state index in [9.17, 15) is 4.79 Å². The van der Waals surface area contributed by atoms with E-state index in [1.165, 1.54) is 6.08 Å². The Kier molecular flexibility index (Phi) is 7.14. The lowest BCUT2D eigenvalue weighted by atomic mass is 10.1. The lowest BCUT2D eigenvalue weighted by Crippen LogP contribution is -2.06. The molecular formula is C22H18ClN5O3. The molecule has 0 saturated carbocycles. The van der Waals surface area contributed by atoms with Crippen molar-refractivity contribution in [1.82, 2.24) is 15.0 Å². The van der Waals surface area contributed by atoms with Crippen molar-refractivity contribution in [3.05, 3.63) is 65.0 Å². The summed E-state index contributed by atoms with van der Waals surface area (Å²) in [6, 6.07) is 16.1. The molecule has 1 aromatic heterocycles. The number of nitriles is 1. The molecule has 0 fully saturated rings. The predicted octanol–water partition coefficient (Wildman–Crippen LogP) is 4.41. The summed E-state index contributed by atoms with van der Waals surface area (Å²) in [6.45, 7) is 1.88. The number of hydrogen-bond acceptors (Lipinski definition) is 8. The van der Waals surface area contributed by atoms with Gasteiger partial charge in [-0.15, -0.1) is 0 Å². The molecule has 3 aromatic rings. The molecule has 9 heteroatoms. The van der Waals surface area contributed by atoms with E-state index in [1.807, 2.05) is 18.2 Å². The average molecular weight is 436 g/mol. The first-order valence-electron chi connectivity index (χ1n) is 9.24. The fourth-order valence-corrected chi connectivity index (χ4v) is 2.74. The van der Waals surface area contributed by atoms with Crippen LogP contribution in [0.15, 0.2) is 54.1 Å². The third kappa shape index (κ3) is 5.78. The Morgan fingerprint density at radius 1 is 1.13 bits per heavy atom. The van der Waals surface area contributed by atoms with Gasteiger partial charge in [-0.3, -0.25) is 0 Å². The Morgan fingerprint density at radius 3 is 2.45 bits per heavy atom. The zero-order chi connectivity index (χ0) is 22.2. The van der Waals surface area contributed by atoms with Crippen molar-refractivity contribution >= 4 is 35.3 Å². The molecule has 0 amide bonds. The standard InChI is InChI=1S/C22H18ClN5O3/c1-3-31-20(29)16(13-24)12-14-4-8-17(9-5-14)25-22-27-19(26-21(23)28-22)15-6-10-18(30-2)11-7-15/h4-12H,3H2,1-2H3,(H,25,26,27,28). The number of methoxy groups -OCH3 is 1. The van der Waals surface area contributed by atoms with Crippen molar-refractivity contribution in [3.63, 3.8) is 0 Å². The normalized spacial score (nSPS) is 10.8. The molecule has 0 bridgehead atoms. The molecule has 0 unspecified atom stereocenters. The van der Waals surface area contributed by atoms with Gasteiger partial charge >= 0.3 is 5.97 Å². The molecule has 0 spiro atoms. The van der Waals surface area contributed by atoms with Gasteiger partial charge in [0.05, 0.1) is 13.7 Å². The summed E-state index contributed by atoms with van der Waals surface area (Å²) in [4.78, 5) is 24.4. The van der Waals surface area contributed by atoms with Crippen LogP contribution < -0.4 is 10.1 Å². The largest absolute Gasteiger partial charge is 0.497 e. The van der Waals surface area contributed by atoms with Gasteiger partial charge in [-0.2, -0.15) is 20.2 Å². The number of nitrogens with zero attached hydrogens (tertiary/aromatic N) is 4. The van der Waals surface area contributed by atoms with Gasteiger partial charge in [0.1, 0.15) is 17.4 Å². The van der Waals surface area contributed by atoms with E-state index in [2.05, 4.69) is 20.3 Å². The third-order valence-corrected chi connectivity index (χ3v) is 4.22. The highest BCUT2D eigenvalue weighted by molar-refractivity contribution is 6.28. The van der Waals surface area contributed by atoms with E-state index < -0.39 is 5.97 Å². The lowest BCUT2D eigenvalue weighted by Gasteiger charge is -2.08. The maximum absolute atomic E-state index is 11.7. The maximum atomic E-state index is 11.7. The first kappa shape index (κ1) is 21.7. The van der Waals surface area contributed by atoms with Crippen LogP contribution in [0, 0.1) is 11.3 Å². The summed E-state index contributed by atoms with van der Waals surface area (Å²) < 4.78 is 10.0. The van der Waals surface area contributed by atoms with Gasteiger partial charge in [0.15, 0.2) is 5.82 Å². The van der Waals surface area contributed by atoms with E-state index >= 15 is 0 Å². The molecule has 0 aliphatic rings. The topological polar surface area (TPSA) is 110 Å². The summed E-state index contributed by atoms with van der Waals surface area (Å²) in [5, 5.41) is 12.3. The minimum atomic E-state index is -0.655. The number of nitrogens with one attached hydrogen (secondary N) is 1. The van der Waals surface area contributed by atoms with E-state index in [1.54, 1.807) is 50.4 Å². The number of anilines is 2. The van der Waals surface area contributed by atoms with E-state index in [4.69, 9.17) is 26.3 Å². The number of aromatic nitrogens is 3. The summed E-state index contributed by atoms with van der Waals surface area (Å²) in [6.07, 6.45) is 1.46. The number of benzene rings is 2. The van der Waals surface area contributed by atoms with E-state index in [0.717, 1.165) is 11.3 Å². The van der Waals surface area contributed by atoms with Crippen LogP contribution >= 0.6 is 11.6 Å². The number of ether oxygens (including phenoxy) is 2. The van der Waals surface area contributed by atoms with Gasteiger partial charge in [0, 0.05) is 11.3 Å². The molecule has 0 aliphatic heterocycles. The SMILES string of the molecule is CCOC(=O)C(C#N)=Cc1ccc(Nc2nc(Cl)nc(-c3ccc(OC)cc3)n2)cc1. The van der Waals surface area contributed by atoms with Crippen molar-refractivity contribution in [1.29, 1.82) is 5.26 Å². The number of carbonyl (C=O) groups excluding carboxylic acids is 1. The minimum Gasteiger partial charge on any atom is -0.497 e. The van der Waals surface area contributed by atoms with E-state index in [0.29, 0.717) is 17.1 Å². The average Bonchev–Trinajstić information content (AvgIpc) is 2.78. The Labute approximate surface area is 184 Å². The summed E-state index contributed by atoms with van der Waals surface area (Å²) in [5.74, 6) is 0.758. The van der Waals surface area contributed by atoms with Crippen LogP contribution in [0.3, 0.4) is 0 Å². The number of esters is 1. The first-order valence-corrected chi connectivity index (χ1v) is 9.62. The van der Waals surface area contributed by atoms with Gasteiger partial charge in [-0.1, -0.05) is 12.1 Å². The van der Waals surface area contributed by atoms with Crippen LogP contribution in [0.5, 0.6) is 5.75 Å². The number of hydrogen-bond donors (Lipinski definition) is 1. The molecule has 2 aromatic carbocycles. The van der Waals surface area contributed by atoms with Crippen LogP contribution in [-0.4, -0.2) is 34.6 Å². The van der Waals surface area contributed by atoms with Crippen LogP contribution in [0.2, 0.25) is 5.28 Å². The van der Waals surface area contributed by atoms with Gasteiger partial charge in [-0.25, -0.2) is 4.79 Å². The van der Waals surface area contributed by atoms with Crippen molar-refractivity contribution in [2.45, 2.75) is 6.92 Å². The number of halogens is 1. The molecule has 1 heterocycles. The fourth-order valence-electron chi connectivity index (χ4n) is 2.58. The second-order valence-corrected chi connectivity index (χ2v) is 6.46. The minimum absolute atomic E-state index is 0.0518. The zero-order valence-corrected chi connectivity index (χ0v) is 17.6. The summed E-state index contributed by atoms with van der Waals surface area (Å²) in [7, 11) is 1.59. The Bertz CT molecular complexity index is 1140. The van der Waals surface area contributed by atoms with Gasteiger partial charge in [-0.05, 0) is 66.6 Å².